The van der Waals surface area contributed by atoms with Crippen LogP contribution in [-0.4, -0.2) is 28.2 Å². The van der Waals surface area contributed by atoms with Gasteiger partial charge in [-0.2, -0.15) is 0 Å². The van der Waals surface area contributed by atoms with E-state index < -0.39 is 0 Å². The fourth-order valence-corrected chi connectivity index (χ4v) is 2.71. The smallest absolute Gasteiger partial charge is 0.0897 e. The highest BCUT2D eigenvalue weighted by Crippen LogP contribution is 2.09. The zero-order chi connectivity index (χ0) is 14.1. The Balaban J connectivity index is 0.000000200. The molecule has 0 fully saturated rings. The van der Waals surface area contributed by atoms with Crippen LogP contribution in [0.5, 0.6) is 0 Å². The van der Waals surface area contributed by atoms with E-state index in [0.717, 1.165) is 27.9 Å². The molecule has 0 spiro atoms. The third kappa shape index (κ3) is 6.98. The molecule has 0 radical (unpaired) electrons. The van der Waals surface area contributed by atoms with E-state index >= 15 is 0 Å². The van der Waals surface area contributed by atoms with Gasteiger partial charge in [-0.3, -0.25) is 0 Å². The van der Waals surface area contributed by atoms with Gasteiger partial charge in [-0.15, -0.1) is 34.3 Å². The lowest BCUT2D eigenvalue weighted by Crippen LogP contribution is -2.17. The zero-order valence-electron chi connectivity index (χ0n) is 11.0. The molecule has 106 valence electrons. The largest absolute Gasteiger partial charge is 0.395 e. The van der Waals surface area contributed by atoms with Gasteiger partial charge in [-0.25, -0.2) is 9.97 Å². The van der Waals surface area contributed by atoms with Gasteiger partial charge in [-0.1, -0.05) is 0 Å². The lowest BCUT2D eigenvalue weighted by atomic mass is 10.5. The van der Waals surface area contributed by atoms with Gasteiger partial charge in [0, 0.05) is 23.8 Å². The molecule has 0 saturated heterocycles. The summed E-state index contributed by atoms with van der Waals surface area (Å²) in [6, 6.07) is 0. The summed E-state index contributed by atoms with van der Waals surface area (Å²) in [5, 5.41) is 17.7. The number of alkyl halides is 1. The first kappa shape index (κ1) is 16.5. The second kappa shape index (κ2) is 9.39. The average molecular weight is 320 g/mol. The Bertz CT molecular complexity index is 473. The minimum absolute atomic E-state index is 0.184. The number of aliphatic hydroxyl groups excluding tert-OH is 1. The topological polar surface area (TPSA) is 58.0 Å². The molecule has 2 aromatic rings. The summed E-state index contributed by atoms with van der Waals surface area (Å²) in [7, 11) is 0. The summed E-state index contributed by atoms with van der Waals surface area (Å²) in [5.74, 6) is 0.532. The van der Waals surface area contributed by atoms with Crippen molar-refractivity contribution in [1.82, 2.24) is 15.3 Å². The van der Waals surface area contributed by atoms with Crippen LogP contribution in [0.25, 0.3) is 0 Å². The highest BCUT2D eigenvalue weighted by atomic mass is 35.5. The molecule has 4 nitrogen and oxygen atoms in total. The second-order valence-corrected chi connectivity index (χ2v) is 6.14. The van der Waals surface area contributed by atoms with E-state index in [-0.39, 0.29) is 6.61 Å². The number of thiazole rings is 2. The first-order valence-corrected chi connectivity index (χ1v) is 8.14. The molecule has 0 atom stereocenters. The van der Waals surface area contributed by atoms with Crippen molar-refractivity contribution in [2.45, 2.75) is 26.3 Å². The molecule has 0 aliphatic carbocycles. The van der Waals surface area contributed by atoms with E-state index in [1.165, 1.54) is 0 Å². The Morgan fingerprint density at radius 3 is 2.11 bits per heavy atom. The summed E-state index contributed by atoms with van der Waals surface area (Å²) >= 11 is 8.77. The van der Waals surface area contributed by atoms with Gasteiger partial charge in [0.25, 0.3) is 0 Å². The number of rotatable bonds is 5. The first-order valence-electron chi connectivity index (χ1n) is 5.85. The van der Waals surface area contributed by atoms with Gasteiger partial charge in [0.1, 0.15) is 0 Å². The van der Waals surface area contributed by atoms with E-state index in [2.05, 4.69) is 15.3 Å². The van der Waals surface area contributed by atoms with Crippen LogP contribution in [0.1, 0.15) is 21.4 Å². The number of hydrogen-bond acceptors (Lipinski definition) is 6. The third-order valence-corrected chi connectivity index (χ3v) is 3.98. The van der Waals surface area contributed by atoms with Crippen molar-refractivity contribution in [3.63, 3.8) is 0 Å². The lowest BCUT2D eigenvalue weighted by Gasteiger charge is -1.97. The third-order valence-electron chi connectivity index (χ3n) is 2.06. The van der Waals surface area contributed by atoms with Crippen LogP contribution in [0.3, 0.4) is 0 Å². The number of aromatic nitrogens is 2. The molecule has 2 rings (SSSR count). The minimum atomic E-state index is 0.184. The van der Waals surface area contributed by atoms with E-state index in [1.54, 1.807) is 22.7 Å². The maximum Gasteiger partial charge on any atom is 0.0897 e. The SMILES string of the molecule is Cc1nc(CCl)cs1.Cc1nc(CNCCO)cs1. The molecule has 0 aromatic carbocycles. The highest BCUT2D eigenvalue weighted by Gasteiger charge is 1.95. The molecule has 2 N–H and O–H groups in total. The van der Waals surface area contributed by atoms with Crippen molar-refractivity contribution in [3.05, 3.63) is 32.2 Å². The molecule has 0 amide bonds. The van der Waals surface area contributed by atoms with Gasteiger partial charge >= 0.3 is 0 Å². The molecular weight excluding hydrogens is 302 g/mol. The summed E-state index contributed by atoms with van der Waals surface area (Å²) in [5.41, 5.74) is 2.04. The molecule has 19 heavy (non-hydrogen) atoms. The Morgan fingerprint density at radius 1 is 1.16 bits per heavy atom. The highest BCUT2D eigenvalue weighted by molar-refractivity contribution is 7.09. The predicted molar refractivity (Wildman–Crippen MR) is 82.1 cm³/mol. The van der Waals surface area contributed by atoms with Gasteiger partial charge in [0.2, 0.25) is 0 Å². The molecule has 2 heterocycles. The molecule has 0 saturated carbocycles. The van der Waals surface area contributed by atoms with Crippen molar-refractivity contribution in [3.8, 4) is 0 Å². The predicted octanol–water partition coefficient (Wildman–Crippen LogP) is 2.72. The van der Waals surface area contributed by atoms with Crippen molar-refractivity contribution < 1.29 is 5.11 Å². The van der Waals surface area contributed by atoms with Gasteiger partial charge in [0.05, 0.1) is 33.9 Å². The number of nitrogens with one attached hydrogen (secondary N) is 1. The number of hydrogen-bond donors (Lipinski definition) is 2. The molecule has 0 bridgehead atoms. The first-order chi connectivity index (χ1) is 9.15. The molecule has 0 aliphatic rings. The van der Waals surface area contributed by atoms with Crippen LogP contribution in [0, 0.1) is 13.8 Å². The second-order valence-electron chi connectivity index (χ2n) is 3.75. The number of aryl methyl sites for hydroxylation is 2. The van der Waals surface area contributed by atoms with Crippen LogP contribution < -0.4 is 5.32 Å². The van der Waals surface area contributed by atoms with Gasteiger partial charge in [0.15, 0.2) is 0 Å². The standard InChI is InChI=1S/C7H12N2OS.C5H6ClNS/c1-6-9-7(5-11-6)4-8-2-3-10;1-4-7-5(2-6)3-8-4/h5,8,10H,2-4H2,1H3;3H,2H2,1H3. The van der Waals surface area contributed by atoms with E-state index in [0.29, 0.717) is 12.4 Å². The summed E-state index contributed by atoms with van der Waals surface area (Å²) in [6.45, 7) is 5.53. The molecular formula is C12H18ClN3OS2. The number of aliphatic hydroxyl groups is 1. The van der Waals surface area contributed by atoms with Crippen LogP contribution >= 0.6 is 34.3 Å². The van der Waals surface area contributed by atoms with E-state index in [9.17, 15) is 0 Å². The monoisotopic (exact) mass is 319 g/mol. The van der Waals surface area contributed by atoms with Crippen molar-refractivity contribution >= 4 is 34.3 Å². The van der Waals surface area contributed by atoms with Crippen molar-refractivity contribution in [1.29, 1.82) is 0 Å². The van der Waals surface area contributed by atoms with Crippen molar-refractivity contribution in [2.75, 3.05) is 13.2 Å². The number of nitrogens with zero attached hydrogens (tertiary/aromatic N) is 2. The Morgan fingerprint density at radius 2 is 1.74 bits per heavy atom. The lowest BCUT2D eigenvalue weighted by molar-refractivity contribution is 0.291. The molecule has 0 aliphatic heterocycles. The summed E-state index contributed by atoms with van der Waals surface area (Å²) in [4.78, 5) is 8.37. The average Bonchev–Trinajstić information content (AvgIpc) is 2.99. The molecule has 0 unspecified atom stereocenters. The fraction of sp³-hybridized carbons (Fsp3) is 0.500. The Hall–Kier alpha value is -0.530. The zero-order valence-corrected chi connectivity index (χ0v) is 13.4. The normalized spacial score (nSPS) is 10.1. The molecule has 2 aromatic heterocycles. The van der Waals surface area contributed by atoms with E-state index in [1.807, 2.05) is 24.6 Å². The maximum atomic E-state index is 8.47. The van der Waals surface area contributed by atoms with Crippen LogP contribution in [0.15, 0.2) is 10.8 Å². The quantitative estimate of drug-likeness (QED) is 0.657. The number of halogens is 1. The summed E-state index contributed by atoms with van der Waals surface area (Å²) in [6.07, 6.45) is 0. The van der Waals surface area contributed by atoms with Gasteiger partial charge < -0.3 is 10.4 Å². The summed E-state index contributed by atoms with van der Waals surface area (Å²) < 4.78 is 0. The molecule has 7 heteroatoms. The van der Waals surface area contributed by atoms with Crippen LogP contribution in [-0.2, 0) is 12.4 Å². The van der Waals surface area contributed by atoms with Gasteiger partial charge in [-0.05, 0) is 13.8 Å². The minimum Gasteiger partial charge on any atom is -0.395 e. The van der Waals surface area contributed by atoms with E-state index in [4.69, 9.17) is 16.7 Å². The fourth-order valence-electron chi connectivity index (χ4n) is 1.25. The van der Waals surface area contributed by atoms with Crippen molar-refractivity contribution in [2.24, 2.45) is 0 Å². The maximum absolute atomic E-state index is 8.47. The van der Waals surface area contributed by atoms with Crippen LogP contribution in [0.4, 0.5) is 0 Å². The Kier molecular flexibility index (Phi) is 8.16. The van der Waals surface area contributed by atoms with Crippen LogP contribution in [0.2, 0.25) is 0 Å². The Labute approximate surface area is 126 Å².